The lowest BCUT2D eigenvalue weighted by Gasteiger charge is -2.35. The number of aryl methyl sites for hydroxylation is 1. The molecule has 0 aliphatic rings. The van der Waals surface area contributed by atoms with Gasteiger partial charge >= 0.3 is 0 Å². The highest BCUT2D eigenvalue weighted by atomic mass is 31.0. The van der Waals surface area contributed by atoms with Crippen LogP contribution in [0.5, 0.6) is 0 Å². The zero-order valence-corrected chi connectivity index (χ0v) is 31.3. The van der Waals surface area contributed by atoms with Crippen LogP contribution in [-0.4, -0.2) is 5.16 Å². The van der Waals surface area contributed by atoms with Crippen LogP contribution in [0.15, 0.2) is 158 Å². The molecule has 8 rings (SSSR count). The Labute approximate surface area is 305 Å². The molecule has 0 saturated heterocycles. The molecule has 1 heteroatoms. The van der Waals surface area contributed by atoms with Crippen LogP contribution in [-0.2, 0) is 0 Å². The predicted octanol–water partition coefficient (Wildman–Crippen LogP) is 14.4. The zero-order chi connectivity index (χ0) is 35.3. The Morgan fingerprint density at radius 1 is 0.412 bits per heavy atom. The molecular weight excluding hydrogens is 632 g/mol. The summed E-state index contributed by atoms with van der Waals surface area (Å²) in [5, 5.41) is 7.74. The molecule has 0 aliphatic heterocycles. The Kier molecular flexibility index (Phi) is 8.33. The van der Waals surface area contributed by atoms with E-state index in [0.29, 0.717) is 0 Å². The number of rotatable bonds is 7. The standard InChI is InChI=1S/C50H44P/c1-33-26-28-39-40-29-27-34(32-49(2,3)50(4,5)51)31-42(40)48-46(38-24-16-9-17-25-38)44(36-20-12-7-13-21-36)43(35-18-10-6-11-19-35)45(47(48)41(39)30-33)37-22-14-8-15-23-37/h6-32H,51H2,1-5H3/q+1. The summed E-state index contributed by atoms with van der Waals surface area (Å²) in [6, 6.07) is 58.4. The van der Waals surface area contributed by atoms with Gasteiger partial charge in [-0.25, -0.2) is 0 Å². The molecule has 0 aromatic heterocycles. The molecule has 0 radical (unpaired) electrons. The van der Waals surface area contributed by atoms with Crippen LogP contribution >= 0.6 is 9.24 Å². The number of hydrogen-bond donors (Lipinski definition) is 0. The summed E-state index contributed by atoms with van der Waals surface area (Å²) in [6.45, 7) is 11.5. The highest BCUT2D eigenvalue weighted by Gasteiger charge is 2.37. The molecule has 0 spiro atoms. The first-order valence-corrected chi connectivity index (χ1v) is 18.6. The summed E-state index contributed by atoms with van der Waals surface area (Å²) in [5.41, 5.74) is 12.4. The third-order valence-corrected chi connectivity index (χ3v) is 11.7. The van der Waals surface area contributed by atoms with E-state index in [-0.39, 0.29) is 10.6 Å². The summed E-state index contributed by atoms with van der Waals surface area (Å²) in [6.07, 6.45) is 2.46. The molecule has 8 aromatic carbocycles. The van der Waals surface area contributed by atoms with Crippen LogP contribution < -0.4 is 0 Å². The molecular formula is C50H44P+. The first-order valence-electron chi connectivity index (χ1n) is 18.0. The monoisotopic (exact) mass is 675 g/mol. The maximum atomic E-state index is 3.08. The number of hydrogen-bond acceptors (Lipinski definition) is 0. The Bertz CT molecular complexity index is 2520. The van der Waals surface area contributed by atoms with Gasteiger partial charge in [-0.1, -0.05) is 159 Å². The first-order chi connectivity index (χ1) is 24.6. The first kappa shape index (κ1) is 33.0. The van der Waals surface area contributed by atoms with E-state index < -0.39 is 0 Å². The highest BCUT2D eigenvalue weighted by Crippen LogP contribution is 2.55. The molecule has 0 heterocycles. The van der Waals surface area contributed by atoms with Crippen molar-refractivity contribution in [3.05, 3.63) is 175 Å². The van der Waals surface area contributed by atoms with Gasteiger partial charge in [-0.05, 0) is 81.2 Å². The number of fused-ring (bicyclic) bond motifs is 6. The van der Waals surface area contributed by atoms with Crippen molar-refractivity contribution in [2.24, 2.45) is 5.41 Å². The van der Waals surface area contributed by atoms with E-state index in [1.165, 1.54) is 88.0 Å². The summed E-state index contributed by atoms with van der Waals surface area (Å²) in [5.74, 6) is 0. The Morgan fingerprint density at radius 3 is 1.20 bits per heavy atom. The second-order valence-corrected chi connectivity index (χ2v) is 16.6. The van der Waals surface area contributed by atoms with Gasteiger partial charge in [-0.3, -0.25) is 0 Å². The summed E-state index contributed by atoms with van der Waals surface area (Å²) < 4.78 is 0. The van der Waals surface area contributed by atoms with Crippen LogP contribution in [0.4, 0.5) is 0 Å². The van der Waals surface area contributed by atoms with Crippen molar-refractivity contribution < 1.29 is 0 Å². The van der Waals surface area contributed by atoms with E-state index in [0.717, 1.165) is 0 Å². The minimum absolute atomic E-state index is 0.0195. The van der Waals surface area contributed by atoms with Gasteiger partial charge < -0.3 is 0 Å². The maximum Gasteiger partial charge on any atom is 0.131 e. The second-order valence-electron chi connectivity index (χ2n) is 15.2. The van der Waals surface area contributed by atoms with E-state index in [9.17, 15) is 0 Å². The third-order valence-electron chi connectivity index (χ3n) is 11.0. The van der Waals surface area contributed by atoms with E-state index in [1.54, 1.807) is 0 Å². The minimum atomic E-state index is -0.0533. The van der Waals surface area contributed by atoms with Gasteiger partial charge in [0.2, 0.25) is 0 Å². The smallest absolute Gasteiger partial charge is 0.130 e. The average Bonchev–Trinajstić information content (AvgIpc) is 3.14. The second kappa shape index (κ2) is 12.9. The summed E-state index contributed by atoms with van der Waals surface area (Å²) in [7, 11) is 3.08. The molecule has 0 amide bonds. The van der Waals surface area contributed by atoms with Gasteiger partial charge in [0, 0.05) is 45.5 Å². The van der Waals surface area contributed by atoms with Crippen LogP contribution in [0.3, 0.4) is 0 Å². The molecule has 1 atom stereocenters. The van der Waals surface area contributed by atoms with Gasteiger partial charge in [0.1, 0.15) is 5.56 Å². The molecule has 1 unspecified atom stereocenters. The van der Waals surface area contributed by atoms with E-state index >= 15 is 0 Å². The van der Waals surface area contributed by atoms with Crippen molar-refractivity contribution in [2.75, 3.05) is 0 Å². The van der Waals surface area contributed by atoms with Crippen molar-refractivity contribution in [1.29, 1.82) is 0 Å². The predicted molar refractivity (Wildman–Crippen MR) is 226 cm³/mol. The fraction of sp³-hybridized carbons (Fsp3) is 0.140. The zero-order valence-electron chi connectivity index (χ0n) is 30.2. The molecule has 8 aromatic rings. The fourth-order valence-electron chi connectivity index (χ4n) is 7.66. The molecule has 0 N–H and O–H groups in total. The Morgan fingerprint density at radius 2 is 0.784 bits per heavy atom. The van der Waals surface area contributed by atoms with Gasteiger partial charge in [-0.15, -0.1) is 9.24 Å². The molecule has 0 aliphatic carbocycles. The lowest BCUT2D eigenvalue weighted by Crippen LogP contribution is -2.33. The van der Waals surface area contributed by atoms with Crippen molar-refractivity contribution in [1.82, 2.24) is 0 Å². The Balaban J connectivity index is 1.71. The SMILES string of the molecule is Cc1ccc2c3ccc([CH+]C(C)(C)C(C)(C)P)cc3c3c(-c4ccccc4)c(-c4ccccc4)c(-c4ccccc4)c(-c4ccccc4)c3c2c1. The normalized spacial score (nSPS) is 12.1. The van der Waals surface area contributed by atoms with Gasteiger partial charge in [-0.2, -0.15) is 0 Å². The van der Waals surface area contributed by atoms with Crippen molar-refractivity contribution in [3.8, 4) is 44.5 Å². The van der Waals surface area contributed by atoms with Crippen molar-refractivity contribution in [3.63, 3.8) is 0 Å². The van der Waals surface area contributed by atoms with E-state index in [1.807, 2.05) is 0 Å². The molecule has 51 heavy (non-hydrogen) atoms. The molecule has 0 nitrogen and oxygen atoms in total. The maximum absolute atomic E-state index is 3.08. The van der Waals surface area contributed by atoms with Crippen molar-refractivity contribution in [2.45, 2.75) is 39.8 Å². The van der Waals surface area contributed by atoms with E-state index in [4.69, 9.17) is 0 Å². The highest BCUT2D eigenvalue weighted by molar-refractivity contribution is 7.19. The molecule has 0 fully saturated rings. The Hall–Kier alpha value is -5.16. The minimum Gasteiger partial charge on any atom is -0.130 e. The lowest BCUT2D eigenvalue weighted by atomic mass is 9.74. The lowest BCUT2D eigenvalue weighted by molar-refractivity contribution is 0.346. The topological polar surface area (TPSA) is 0 Å². The molecule has 248 valence electrons. The van der Waals surface area contributed by atoms with Crippen LogP contribution in [0, 0.1) is 18.8 Å². The van der Waals surface area contributed by atoms with Gasteiger partial charge in [0.25, 0.3) is 0 Å². The average molecular weight is 676 g/mol. The summed E-state index contributed by atoms with van der Waals surface area (Å²) in [4.78, 5) is 0. The van der Waals surface area contributed by atoms with E-state index in [2.05, 4.69) is 208 Å². The third kappa shape index (κ3) is 5.83. The van der Waals surface area contributed by atoms with Gasteiger partial charge in [0.15, 0.2) is 0 Å². The molecule has 0 bridgehead atoms. The van der Waals surface area contributed by atoms with Crippen LogP contribution in [0.1, 0.15) is 38.8 Å². The van der Waals surface area contributed by atoms with Crippen LogP contribution in [0.25, 0.3) is 76.8 Å². The summed E-state index contributed by atoms with van der Waals surface area (Å²) >= 11 is 0. The van der Waals surface area contributed by atoms with Gasteiger partial charge in [0.05, 0.1) is 6.07 Å². The largest absolute Gasteiger partial charge is 0.131 e. The quantitative estimate of drug-likeness (QED) is 0.0896. The van der Waals surface area contributed by atoms with Crippen molar-refractivity contribution >= 4 is 41.6 Å². The number of benzene rings is 8. The molecule has 0 saturated carbocycles. The van der Waals surface area contributed by atoms with Crippen LogP contribution in [0.2, 0.25) is 0 Å². The fourth-order valence-corrected chi connectivity index (χ4v) is 7.74.